The van der Waals surface area contributed by atoms with Gasteiger partial charge in [-0.2, -0.15) is 0 Å². The van der Waals surface area contributed by atoms with E-state index in [0.29, 0.717) is 24.0 Å². The van der Waals surface area contributed by atoms with Crippen LogP contribution in [-0.4, -0.2) is 100 Å². The maximum absolute atomic E-state index is 14.4. The number of Topliss-reactive ketones (excluding diaryl/α,β-unsaturated/α-hetero) is 1. The average molecular weight is 762 g/mol. The maximum Gasteiger partial charge on any atom is 0.410 e. The summed E-state index contributed by atoms with van der Waals surface area (Å²) in [6.07, 6.45) is -2.45. The molecule has 290 valence electrons. The number of amides is 4. The van der Waals surface area contributed by atoms with Crippen LogP contribution in [0.1, 0.15) is 77.3 Å². The fourth-order valence-electron chi connectivity index (χ4n) is 6.69. The van der Waals surface area contributed by atoms with Gasteiger partial charge in [0, 0.05) is 30.9 Å². The van der Waals surface area contributed by atoms with Crippen molar-refractivity contribution < 1.29 is 51.4 Å². The van der Waals surface area contributed by atoms with Crippen LogP contribution < -0.4 is 15.4 Å². The Hall–Kier alpha value is -4.35. The lowest BCUT2D eigenvalue weighted by atomic mass is 10.0. The number of hydrogen-bond donors (Lipinski definition) is 4. The Morgan fingerprint density at radius 1 is 1.17 bits per heavy atom. The summed E-state index contributed by atoms with van der Waals surface area (Å²) in [7, 11) is -3.94. The first-order valence-corrected chi connectivity index (χ1v) is 19.1. The van der Waals surface area contributed by atoms with Gasteiger partial charge in [0.25, 0.3) is 5.91 Å². The fourth-order valence-corrected chi connectivity index (χ4v) is 8.06. The van der Waals surface area contributed by atoms with E-state index in [4.69, 9.17) is 9.47 Å². The molecule has 1 aromatic rings. The van der Waals surface area contributed by atoms with E-state index in [0.717, 1.165) is 0 Å². The summed E-state index contributed by atoms with van der Waals surface area (Å²) >= 11 is 0. The normalized spacial score (nSPS) is 24.8. The second-order valence-corrected chi connectivity index (χ2v) is 17.2. The smallest absolute Gasteiger partial charge is 0.410 e. The highest BCUT2D eigenvalue weighted by Crippen LogP contribution is 2.46. The van der Waals surface area contributed by atoms with Crippen molar-refractivity contribution in [1.29, 1.82) is 0 Å². The number of aliphatic hydroxyl groups is 1. The first-order chi connectivity index (χ1) is 24.7. The van der Waals surface area contributed by atoms with E-state index in [2.05, 4.69) is 28.5 Å². The molecule has 17 heteroatoms. The van der Waals surface area contributed by atoms with Gasteiger partial charge in [-0.25, -0.2) is 22.4 Å². The monoisotopic (exact) mass is 761 g/mol. The van der Waals surface area contributed by atoms with Crippen molar-refractivity contribution in [3.63, 3.8) is 0 Å². The molecule has 0 aromatic heterocycles. The topological polar surface area (TPSA) is 201 Å². The van der Waals surface area contributed by atoms with Crippen LogP contribution in [0.25, 0.3) is 0 Å². The number of benzene rings is 1. The lowest BCUT2D eigenvalue weighted by molar-refractivity contribution is -0.138. The van der Waals surface area contributed by atoms with E-state index in [1.165, 1.54) is 28.9 Å². The van der Waals surface area contributed by atoms with Crippen molar-refractivity contribution in [2.45, 2.75) is 120 Å². The van der Waals surface area contributed by atoms with Crippen molar-refractivity contribution in [2.75, 3.05) is 6.54 Å². The Labute approximate surface area is 308 Å². The molecule has 4 amide bonds. The maximum atomic E-state index is 14.4. The summed E-state index contributed by atoms with van der Waals surface area (Å²) in [6, 6.07) is 2.02. The first kappa shape index (κ1) is 39.8. The second-order valence-electron chi connectivity index (χ2n) is 15.3. The summed E-state index contributed by atoms with van der Waals surface area (Å²) < 4.78 is 53.0. The van der Waals surface area contributed by atoms with E-state index in [1.807, 2.05) is 0 Å². The fraction of sp³-hybridized carbons (Fsp3) is 0.583. The highest BCUT2D eigenvalue weighted by molar-refractivity contribution is 7.91. The van der Waals surface area contributed by atoms with Crippen LogP contribution in [-0.2, 0) is 47.0 Å². The number of sulfonamides is 1. The highest BCUT2D eigenvalue weighted by atomic mass is 32.2. The molecule has 0 radical (unpaired) electrons. The Bertz CT molecular complexity index is 1790. The summed E-state index contributed by atoms with van der Waals surface area (Å²) in [5.74, 6) is -2.98. The molecule has 2 saturated carbocycles. The third-order valence-corrected chi connectivity index (χ3v) is 11.7. The van der Waals surface area contributed by atoms with Gasteiger partial charge in [0.2, 0.25) is 15.9 Å². The number of likely N-dealkylation sites (tertiary alicyclic amines) is 1. The van der Waals surface area contributed by atoms with E-state index < -0.39 is 86.6 Å². The molecule has 2 unspecified atom stereocenters. The predicted molar refractivity (Wildman–Crippen MR) is 189 cm³/mol. The van der Waals surface area contributed by atoms with Crippen molar-refractivity contribution in [3.8, 4) is 0 Å². The highest BCUT2D eigenvalue weighted by Gasteiger charge is 2.61. The SMILES string of the molecule is C=C[C@@H]1C[C@]1(NC(O)C1C[C@@H](OC(=O)N2Cc3cccc(F)c3C2)CN1C(=O)[C@H](CCC(=O)C(=C)C)NC(=O)OC(C)(C)C)C(=O)NS(=O)(=O)C1CC1. The van der Waals surface area contributed by atoms with Gasteiger partial charge in [0.05, 0.1) is 24.4 Å². The molecule has 2 aliphatic carbocycles. The Morgan fingerprint density at radius 3 is 2.45 bits per heavy atom. The van der Waals surface area contributed by atoms with Crippen molar-refractivity contribution in [1.82, 2.24) is 25.2 Å². The van der Waals surface area contributed by atoms with Crippen LogP contribution >= 0.6 is 0 Å². The summed E-state index contributed by atoms with van der Waals surface area (Å²) in [6.45, 7) is 13.6. The Morgan fingerprint density at radius 2 is 1.87 bits per heavy atom. The average Bonchev–Trinajstić information content (AvgIpc) is 3.96. The Balaban J connectivity index is 1.39. The van der Waals surface area contributed by atoms with Crippen LogP contribution in [0.15, 0.2) is 43.0 Å². The number of fused-ring (bicyclic) bond motifs is 1. The molecular weight excluding hydrogens is 713 g/mol. The van der Waals surface area contributed by atoms with Crippen LogP contribution in [0.5, 0.6) is 0 Å². The number of alkyl carbamates (subject to hydrolysis) is 1. The molecule has 2 heterocycles. The first-order valence-electron chi connectivity index (χ1n) is 17.6. The van der Waals surface area contributed by atoms with Gasteiger partial charge in [0.1, 0.15) is 35.3 Å². The van der Waals surface area contributed by atoms with Gasteiger partial charge in [-0.05, 0) is 70.6 Å². The van der Waals surface area contributed by atoms with Crippen LogP contribution in [0, 0.1) is 11.7 Å². The lowest BCUT2D eigenvalue weighted by Gasteiger charge is -2.34. The molecule has 53 heavy (non-hydrogen) atoms. The standard InChI is InChI=1S/C36H48FN5O10S/c1-7-22-16-36(22,32(46)40-53(49,50)24-11-12-24)39-30(44)28-15-23(51-34(48)41-17-21-9-8-10-26(37)25(21)19-41)18-42(28)31(45)27(13-14-29(43)20(2)3)38-33(47)52-35(4,5)6/h7-10,22-24,27-28,30,39,44H,1-2,11-19H2,3-6H3,(H,38,47)(H,40,46)/t22-,23-,27+,28?,30?,36-/m1/s1. The quantitative estimate of drug-likeness (QED) is 0.123. The zero-order chi connectivity index (χ0) is 39.0. The number of hydrogen-bond acceptors (Lipinski definition) is 11. The second kappa shape index (κ2) is 15.2. The number of aliphatic hydroxyl groups excluding tert-OH is 1. The number of carbonyl (C=O) groups excluding carboxylic acids is 5. The summed E-state index contributed by atoms with van der Waals surface area (Å²) in [5.41, 5.74) is -1.26. The van der Waals surface area contributed by atoms with Crippen molar-refractivity contribution in [2.24, 2.45) is 5.92 Å². The van der Waals surface area contributed by atoms with Gasteiger partial charge >= 0.3 is 12.2 Å². The minimum Gasteiger partial charge on any atom is -0.444 e. The molecule has 3 fully saturated rings. The van der Waals surface area contributed by atoms with E-state index in [-0.39, 0.29) is 56.7 Å². The van der Waals surface area contributed by atoms with Gasteiger partial charge in [-0.1, -0.05) is 24.8 Å². The number of rotatable bonds is 14. The number of allylic oxidation sites excluding steroid dienone is 1. The van der Waals surface area contributed by atoms with E-state index in [1.54, 1.807) is 32.9 Å². The number of carbonyl (C=O) groups is 5. The van der Waals surface area contributed by atoms with Crippen LogP contribution in [0.3, 0.4) is 0 Å². The van der Waals surface area contributed by atoms with Gasteiger partial charge in [0.15, 0.2) is 5.78 Å². The summed E-state index contributed by atoms with van der Waals surface area (Å²) in [5, 5.41) is 16.4. The van der Waals surface area contributed by atoms with Gasteiger partial charge < -0.3 is 24.8 Å². The summed E-state index contributed by atoms with van der Waals surface area (Å²) in [4.78, 5) is 69.0. The number of nitrogens with one attached hydrogen (secondary N) is 3. The molecule has 2 aliphatic heterocycles. The zero-order valence-electron chi connectivity index (χ0n) is 30.4. The van der Waals surface area contributed by atoms with Crippen molar-refractivity contribution in [3.05, 3.63) is 60.0 Å². The largest absolute Gasteiger partial charge is 0.444 e. The number of halogens is 1. The third-order valence-electron chi connectivity index (χ3n) is 9.84. The lowest BCUT2D eigenvalue weighted by Crippen LogP contribution is -2.60. The van der Waals surface area contributed by atoms with Gasteiger partial charge in [-0.15, -0.1) is 6.58 Å². The molecule has 1 saturated heterocycles. The molecule has 15 nitrogen and oxygen atoms in total. The van der Waals surface area contributed by atoms with Crippen molar-refractivity contribution >= 4 is 39.8 Å². The van der Waals surface area contributed by atoms with E-state index in [9.17, 15) is 41.9 Å². The number of ether oxygens (including phenoxy) is 2. The molecule has 4 aliphatic rings. The molecule has 5 rings (SSSR count). The molecular formula is C36H48FN5O10S. The minimum absolute atomic E-state index is 0.0349. The van der Waals surface area contributed by atoms with Crippen LogP contribution in [0.4, 0.5) is 14.0 Å². The number of nitrogens with zero attached hydrogens (tertiary/aromatic N) is 2. The van der Waals surface area contributed by atoms with E-state index >= 15 is 0 Å². The molecule has 6 atom stereocenters. The molecule has 1 aromatic carbocycles. The predicted octanol–water partition coefficient (Wildman–Crippen LogP) is 2.53. The Kier molecular flexibility index (Phi) is 11.4. The zero-order valence-corrected chi connectivity index (χ0v) is 31.2. The van der Waals surface area contributed by atoms with Gasteiger partial charge in [-0.3, -0.25) is 29.3 Å². The molecule has 4 N–H and O–H groups in total. The van der Waals surface area contributed by atoms with Crippen LogP contribution in [0.2, 0.25) is 0 Å². The molecule has 0 bridgehead atoms. The molecule has 0 spiro atoms. The minimum atomic E-state index is -3.94. The third kappa shape index (κ3) is 9.24. The number of ketones is 1.